The third-order valence-electron chi connectivity index (χ3n) is 3.66. The van der Waals surface area contributed by atoms with Gasteiger partial charge in [0.25, 0.3) is 5.69 Å². The van der Waals surface area contributed by atoms with Crippen LogP contribution in [0.15, 0.2) is 24.3 Å². The molecule has 1 unspecified atom stereocenters. The average molecular weight is 322 g/mol. The highest BCUT2D eigenvalue weighted by Crippen LogP contribution is 2.34. The maximum Gasteiger partial charge on any atom is 0.320 e. The van der Waals surface area contributed by atoms with Gasteiger partial charge in [-0.3, -0.25) is 19.8 Å². The van der Waals surface area contributed by atoms with Gasteiger partial charge in [0.1, 0.15) is 5.60 Å². The van der Waals surface area contributed by atoms with Gasteiger partial charge in [-0.15, -0.1) is 0 Å². The minimum Gasteiger partial charge on any atom is -0.459 e. The Morgan fingerprint density at radius 1 is 1.43 bits per heavy atom. The molecule has 0 saturated carbocycles. The monoisotopic (exact) mass is 322 g/mol. The van der Waals surface area contributed by atoms with E-state index in [9.17, 15) is 20.0 Å². The number of esters is 1. The fraction of sp³-hybridized carbons (Fsp3) is 0.562. The topological polar surface area (TPSA) is 92.9 Å². The summed E-state index contributed by atoms with van der Waals surface area (Å²) in [4.78, 5) is 24.1. The van der Waals surface area contributed by atoms with E-state index < -0.39 is 16.6 Å². The molecule has 0 amide bonds. The highest BCUT2D eigenvalue weighted by Gasteiger charge is 2.37. The molecule has 7 heteroatoms. The summed E-state index contributed by atoms with van der Waals surface area (Å²) in [5.74, 6) is -0.435. The summed E-state index contributed by atoms with van der Waals surface area (Å²) in [6.07, 6.45) is -0.911. The first-order valence-electron chi connectivity index (χ1n) is 7.53. The van der Waals surface area contributed by atoms with Gasteiger partial charge in [0.05, 0.1) is 23.1 Å². The summed E-state index contributed by atoms with van der Waals surface area (Å²) in [5, 5.41) is 21.4. The number of carbonyl (C=O) groups is 1. The number of nitro groups is 1. The van der Waals surface area contributed by atoms with Crippen molar-refractivity contribution in [3.63, 3.8) is 0 Å². The fourth-order valence-corrected chi connectivity index (χ4v) is 2.65. The molecule has 1 aromatic rings. The van der Waals surface area contributed by atoms with Crippen molar-refractivity contribution in [2.45, 2.75) is 32.5 Å². The molecule has 1 aliphatic heterocycles. The van der Waals surface area contributed by atoms with Crippen LogP contribution in [0.3, 0.4) is 0 Å². The second-order valence-corrected chi connectivity index (χ2v) is 6.80. The van der Waals surface area contributed by atoms with Crippen LogP contribution < -0.4 is 0 Å². The summed E-state index contributed by atoms with van der Waals surface area (Å²) in [5.41, 5.74) is -0.282. The number of aliphatic hydroxyl groups is 1. The first-order valence-corrected chi connectivity index (χ1v) is 7.53. The van der Waals surface area contributed by atoms with Crippen molar-refractivity contribution in [2.24, 2.45) is 5.92 Å². The van der Waals surface area contributed by atoms with Crippen LogP contribution in [0.4, 0.5) is 5.69 Å². The van der Waals surface area contributed by atoms with Crippen molar-refractivity contribution in [1.82, 2.24) is 4.90 Å². The van der Waals surface area contributed by atoms with Gasteiger partial charge in [0.2, 0.25) is 0 Å². The molecule has 1 N–H and O–H groups in total. The van der Waals surface area contributed by atoms with Gasteiger partial charge in [-0.25, -0.2) is 0 Å². The van der Waals surface area contributed by atoms with E-state index in [1.165, 1.54) is 6.07 Å². The summed E-state index contributed by atoms with van der Waals surface area (Å²) in [6.45, 7) is 6.60. The van der Waals surface area contributed by atoms with Gasteiger partial charge in [-0.05, 0) is 26.8 Å². The van der Waals surface area contributed by atoms with Gasteiger partial charge in [-0.2, -0.15) is 0 Å². The first kappa shape index (κ1) is 17.4. The fourth-order valence-electron chi connectivity index (χ4n) is 2.65. The first-order chi connectivity index (χ1) is 10.7. The van der Waals surface area contributed by atoms with Gasteiger partial charge in [0, 0.05) is 25.1 Å². The average Bonchev–Trinajstić information content (AvgIpc) is 2.39. The van der Waals surface area contributed by atoms with E-state index in [-0.39, 0.29) is 24.1 Å². The molecule has 2 rings (SSSR count). The molecule has 1 aliphatic rings. The SMILES string of the molecule is CC(C)(C)OC(=O)CN1CC(C(O)c2ccccc2[N+](=O)[O-])C1. The second-order valence-electron chi connectivity index (χ2n) is 6.80. The Bertz CT molecular complexity index is 590. The number of para-hydroxylation sites is 1. The van der Waals surface area contributed by atoms with Gasteiger partial charge in [0.15, 0.2) is 0 Å². The maximum absolute atomic E-state index is 11.7. The van der Waals surface area contributed by atoms with E-state index in [1.54, 1.807) is 18.2 Å². The molecule has 126 valence electrons. The molecule has 1 atom stereocenters. The molecule has 7 nitrogen and oxygen atoms in total. The number of hydrogen-bond acceptors (Lipinski definition) is 6. The molecule has 0 aromatic heterocycles. The lowest BCUT2D eigenvalue weighted by atomic mass is 9.88. The van der Waals surface area contributed by atoms with Crippen LogP contribution in [0, 0.1) is 16.0 Å². The zero-order valence-electron chi connectivity index (χ0n) is 13.6. The standard InChI is InChI=1S/C16H22N2O5/c1-16(2,3)23-14(19)10-17-8-11(9-17)15(20)12-6-4-5-7-13(12)18(21)22/h4-7,11,15,20H,8-10H2,1-3H3. The smallest absolute Gasteiger partial charge is 0.320 e. The summed E-state index contributed by atoms with van der Waals surface area (Å²) in [6, 6.07) is 6.20. The Labute approximate surface area is 135 Å². The lowest BCUT2D eigenvalue weighted by Crippen LogP contribution is -2.51. The molecule has 1 aromatic carbocycles. The summed E-state index contributed by atoms with van der Waals surface area (Å²) in [7, 11) is 0. The van der Waals surface area contributed by atoms with Crippen LogP contribution in [0.5, 0.6) is 0 Å². The highest BCUT2D eigenvalue weighted by molar-refractivity contribution is 5.72. The van der Waals surface area contributed by atoms with E-state index in [0.29, 0.717) is 18.7 Å². The molecular formula is C16H22N2O5. The van der Waals surface area contributed by atoms with Crippen LogP contribution in [-0.4, -0.2) is 46.1 Å². The number of hydrogen-bond donors (Lipinski definition) is 1. The van der Waals surface area contributed by atoms with Crippen LogP contribution in [-0.2, 0) is 9.53 Å². The number of nitrogens with zero attached hydrogens (tertiary/aromatic N) is 2. The number of carbonyl (C=O) groups excluding carboxylic acids is 1. The molecule has 0 radical (unpaired) electrons. The van der Waals surface area contributed by atoms with E-state index in [4.69, 9.17) is 4.74 Å². The Kier molecular flexibility index (Phi) is 5.01. The quantitative estimate of drug-likeness (QED) is 0.505. The second kappa shape index (κ2) is 6.64. The van der Waals surface area contributed by atoms with E-state index in [0.717, 1.165) is 0 Å². The van der Waals surface area contributed by atoms with Crippen molar-refractivity contribution in [3.8, 4) is 0 Å². The summed E-state index contributed by atoms with van der Waals surface area (Å²) >= 11 is 0. The summed E-state index contributed by atoms with van der Waals surface area (Å²) < 4.78 is 5.24. The Balaban J connectivity index is 1.90. The third-order valence-corrected chi connectivity index (χ3v) is 3.66. The van der Waals surface area contributed by atoms with E-state index in [2.05, 4.69) is 0 Å². The molecular weight excluding hydrogens is 300 g/mol. The minimum atomic E-state index is -0.911. The molecule has 0 spiro atoms. The van der Waals surface area contributed by atoms with Gasteiger partial charge >= 0.3 is 5.97 Å². The van der Waals surface area contributed by atoms with Crippen molar-refractivity contribution >= 4 is 11.7 Å². The zero-order valence-corrected chi connectivity index (χ0v) is 13.6. The Hall–Kier alpha value is -1.99. The lowest BCUT2D eigenvalue weighted by molar-refractivity contribution is -0.386. The molecule has 1 fully saturated rings. The van der Waals surface area contributed by atoms with Crippen LogP contribution in [0.2, 0.25) is 0 Å². The predicted molar refractivity (Wildman–Crippen MR) is 83.8 cm³/mol. The molecule has 1 heterocycles. The highest BCUT2D eigenvalue weighted by atomic mass is 16.6. The van der Waals surface area contributed by atoms with Gasteiger partial charge in [-0.1, -0.05) is 12.1 Å². The van der Waals surface area contributed by atoms with E-state index in [1.807, 2.05) is 25.7 Å². The normalized spacial score (nSPS) is 17.4. The van der Waals surface area contributed by atoms with Crippen LogP contribution in [0.1, 0.15) is 32.4 Å². The Morgan fingerprint density at radius 3 is 2.61 bits per heavy atom. The Morgan fingerprint density at radius 2 is 2.04 bits per heavy atom. The van der Waals surface area contributed by atoms with E-state index >= 15 is 0 Å². The number of likely N-dealkylation sites (tertiary alicyclic amines) is 1. The van der Waals surface area contributed by atoms with Crippen molar-refractivity contribution in [1.29, 1.82) is 0 Å². The van der Waals surface area contributed by atoms with Crippen LogP contribution in [0.25, 0.3) is 0 Å². The number of rotatable bonds is 5. The largest absolute Gasteiger partial charge is 0.459 e. The molecule has 0 bridgehead atoms. The van der Waals surface area contributed by atoms with Crippen LogP contribution >= 0.6 is 0 Å². The number of aliphatic hydroxyl groups excluding tert-OH is 1. The minimum absolute atomic E-state index is 0.0782. The zero-order chi connectivity index (χ0) is 17.2. The number of benzene rings is 1. The van der Waals surface area contributed by atoms with Gasteiger partial charge < -0.3 is 9.84 Å². The predicted octanol–water partition coefficient (Wildman–Crippen LogP) is 1.90. The molecule has 1 saturated heterocycles. The van der Waals surface area contributed by atoms with Crippen molar-refractivity contribution < 1.29 is 19.6 Å². The molecule has 0 aliphatic carbocycles. The maximum atomic E-state index is 11.7. The lowest BCUT2D eigenvalue weighted by Gasteiger charge is -2.41. The number of nitro benzene ring substituents is 1. The van der Waals surface area contributed by atoms with Crippen molar-refractivity contribution in [3.05, 3.63) is 39.9 Å². The third kappa shape index (κ3) is 4.49. The molecule has 23 heavy (non-hydrogen) atoms. The van der Waals surface area contributed by atoms with Crippen molar-refractivity contribution in [2.75, 3.05) is 19.6 Å². The number of ether oxygens (including phenoxy) is 1.